The first-order chi connectivity index (χ1) is 24.3. The SMILES string of the molecule is CC(=O)N[C@@H](CCCN=C(N)N)C(=O)N[C@H](Cc1ccc(Cl)cc1)C(=O)N1Cc2ccccc2CC1C(=O)N[C@@H](Cc1ccc(I)cc1)C(N)=O. The van der Waals surface area contributed by atoms with Crippen LogP contribution in [-0.2, 0) is 49.8 Å². The largest absolute Gasteiger partial charge is 0.370 e. The van der Waals surface area contributed by atoms with E-state index in [4.69, 9.17) is 28.8 Å². The smallest absolute Gasteiger partial charge is 0.246 e. The van der Waals surface area contributed by atoms with Crippen LogP contribution in [0, 0.1) is 3.57 Å². The van der Waals surface area contributed by atoms with Crippen LogP contribution in [-0.4, -0.2) is 71.1 Å². The molecule has 3 aromatic carbocycles. The zero-order valence-corrected chi connectivity index (χ0v) is 31.0. The minimum absolute atomic E-state index is 0.0612. The van der Waals surface area contributed by atoms with E-state index in [0.29, 0.717) is 17.0 Å². The van der Waals surface area contributed by atoms with E-state index >= 15 is 0 Å². The molecule has 270 valence electrons. The van der Waals surface area contributed by atoms with Crippen LogP contribution in [0.2, 0.25) is 5.02 Å². The van der Waals surface area contributed by atoms with Gasteiger partial charge in [-0.15, -0.1) is 0 Å². The number of halogens is 2. The fourth-order valence-corrected chi connectivity index (χ4v) is 6.37. The first kappa shape index (κ1) is 39.1. The van der Waals surface area contributed by atoms with E-state index in [2.05, 4.69) is 43.5 Å². The lowest BCUT2D eigenvalue weighted by Crippen LogP contribution is -2.61. The Morgan fingerprint density at radius 2 is 1.45 bits per heavy atom. The van der Waals surface area contributed by atoms with Gasteiger partial charge in [0.2, 0.25) is 29.5 Å². The molecule has 15 heteroatoms. The predicted molar refractivity (Wildman–Crippen MR) is 203 cm³/mol. The van der Waals surface area contributed by atoms with Gasteiger partial charge in [0, 0.05) is 47.9 Å². The highest BCUT2D eigenvalue weighted by molar-refractivity contribution is 14.1. The summed E-state index contributed by atoms with van der Waals surface area (Å²) in [6, 6.07) is 17.6. The van der Waals surface area contributed by atoms with Gasteiger partial charge in [0.05, 0.1) is 0 Å². The molecule has 0 bridgehead atoms. The Morgan fingerprint density at radius 3 is 2.06 bits per heavy atom. The highest BCUT2D eigenvalue weighted by atomic mass is 127. The Bertz CT molecular complexity index is 1750. The molecule has 1 unspecified atom stereocenters. The van der Waals surface area contributed by atoms with Crippen molar-refractivity contribution in [3.05, 3.63) is 104 Å². The van der Waals surface area contributed by atoms with Gasteiger partial charge in [-0.3, -0.25) is 29.0 Å². The summed E-state index contributed by atoms with van der Waals surface area (Å²) >= 11 is 8.30. The molecule has 0 spiro atoms. The maximum Gasteiger partial charge on any atom is 0.246 e. The van der Waals surface area contributed by atoms with Crippen LogP contribution in [0.25, 0.3) is 0 Å². The molecule has 0 aliphatic carbocycles. The van der Waals surface area contributed by atoms with Crippen LogP contribution in [0.4, 0.5) is 0 Å². The van der Waals surface area contributed by atoms with Crippen LogP contribution in [0.5, 0.6) is 0 Å². The van der Waals surface area contributed by atoms with Gasteiger partial charge < -0.3 is 38.1 Å². The van der Waals surface area contributed by atoms with E-state index in [9.17, 15) is 24.0 Å². The standard InChI is InChI=1S/C36H42ClIN8O5/c1-21(47)43-28(7-4-16-42-36(40)41)33(49)45-30(18-22-8-12-26(37)13-9-22)35(51)46-20-25-6-3-2-5-24(25)19-31(46)34(50)44-29(32(39)48)17-23-10-14-27(38)15-11-23/h2-3,5-6,8-15,28-31H,4,7,16-20H2,1H3,(H2,39,48)(H,43,47)(H,44,50)(H,45,49)(H4,40,41,42)/t28-,29-,30+,31?/m0/s1. The number of rotatable bonds is 15. The third-order valence-electron chi connectivity index (χ3n) is 8.45. The van der Waals surface area contributed by atoms with Crippen molar-refractivity contribution in [1.29, 1.82) is 0 Å². The van der Waals surface area contributed by atoms with Crippen molar-refractivity contribution in [3.63, 3.8) is 0 Å². The highest BCUT2D eigenvalue weighted by Gasteiger charge is 2.39. The summed E-state index contributed by atoms with van der Waals surface area (Å²) in [4.78, 5) is 72.4. The maximum atomic E-state index is 14.6. The second-order valence-corrected chi connectivity index (χ2v) is 14.0. The lowest BCUT2D eigenvalue weighted by atomic mass is 9.91. The number of carbonyl (C=O) groups excluding carboxylic acids is 5. The Balaban J connectivity index is 1.64. The Kier molecular flexibility index (Phi) is 14.2. The number of fused-ring (bicyclic) bond motifs is 1. The monoisotopic (exact) mass is 828 g/mol. The van der Waals surface area contributed by atoms with Gasteiger partial charge >= 0.3 is 0 Å². The summed E-state index contributed by atoms with van der Waals surface area (Å²) in [5.41, 5.74) is 19.8. The normalized spacial score (nSPS) is 15.4. The number of hydrogen-bond donors (Lipinski definition) is 6. The van der Waals surface area contributed by atoms with Gasteiger partial charge in [0.15, 0.2) is 5.96 Å². The molecule has 0 radical (unpaired) electrons. The Hall–Kier alpha value is -4.70. The van der Waals surface area contributed by atoms with Crippen molar-refractivity contribution < 1.29 is 24.0 Å². The average Bonchev–Trinajstić information content (AvgIpc) is 3.09. The number of nitrogens with one attached hydrogen (secondary N) is 3. The Morgan fingerprint density at radius 1 is 0.843 bits per heavy atom. The molecular weight excluding hydrogens is 787 g/mol. The predicted octanol–water partition coefficient (Wildman–Crippen LogP) is 1.70. The van der Waals surface area contributed by atoms with Crippen molar-refractivity contribution in [1.82, 2.24) is 20.9 Å². The molecule has 1 heterocycles. The first-order valence-corrected chi connectivity index (χ1v) is 17.8. The summed E-state index contributed by atoms with van der Waals surface area (Å²) in [5.74, 6) is -2.92. The van der Waals surface area contributed by atoms with Gasteiger partial charge in [-0.2, -0.15) is 0 Å². The number of carbonyl (C=O) groups is 5. The quantitative estimate of drug-likeness (QED) is 0.0577. The molecule has 4 rings (SSSR count). The van der Waals surface area contributed by atoms with Crippen molar-refractivity contribution in [3.8, 4) is 0 Å². The second-order valence-electron chi connectivity index (χ2n) is 12.3. The Labute approximate surface area is 315 Å². The lowest BCUT2D eigenvalue weighted by molar-refractivity contribution is -0.145. The number of nitrogens with zero attached hydrogens (tertiary/aromatic N) is 2. The third kappa shape index (κ3) is 11.7. The van der Waals surface area contributed by atoms with Crippen LogP contribution in [0.3, 0.4) is 0 Å². The van der Waals surface area contributed by atoms with E-state index in [1.165, 1.54) is 11.8 Å². The van der Waals surface area contributed by atoms with E-state index in [0.717, 1.165) is 20.3 Å². The molecule has 1 aliphatic heterocycles. The second kappa shape index (κ2) is 18.5. The fourth-order valence-electron chi connectivity index (χ4n) is 5.88. The molecule has 0 saturated carbocycles. The molecule has 0 aromatic heterocycles. The number of amides is 5. The van der Waals surface area contributed by atoms with E-state index in [1.807, 2.05) is 48.5 Å². The van der Waals surface area contributed by atoms with Crippen LogP contribution in [0.1, 0.15) is 42.0 Å². The van der Waals surface area contributed by atoms with Crippen molar-refractivity contribution in [2.75, 3.05) is 6.54 Å². The maximum absolute atomic E-state index is 14.6. The van der Waals surface area contributed by atoms with Crippen LogP contribution < -0.4 is 33.2 Å². The zero-order chi connectivity index (χ0) is 37.1. The minimum Gasteiger partial charge on any atom is -0.370 e. The van der Waals surface area contributed by atoms with Gasteiger partial charge in [-0.1, -0.05) is 60.1 Å². The minimum atomic E-state index is -1.15. The molecule has 51 heavy (non-hydrogen) atoms. The number of primary amides is 1. The average molecular weight is 829 g/mol. The van der Waals surface area contributed by atoms with Crippen molar-refractivity contribution >= 4 is 69.7 Å². The summed E-state index contributed by atoms with van der Waals surface area (Å²) < 4.78 is 1.01. The number of aliphatic imine (C=N–C) groups is 1. The van der Waals surface area contributed by atoms with Crippen LogP contribution in [0.15, 0.2) is 77.8 Å². The van der Waals surface area contributed by atoms with Crippen LogP contribution >= 0.6 is 34.2 Å². The molecule has 3 aromatic rings. The molecule has 0 saturated heterocycles. The molecule has 4 atom stereocenters. The number of hydrogen-bond acceptors (Lipinski definition) is 6. The first-order valence-electron chi connectivity index (χ1n) is 16.4. The molecule has 0 fully saturated rings. The number of nitrogens with two attached hydrogens (primary N) is 3. The molecular formula is C36H42ClIN8O5. The third-order valence-corrected chi connectivity index (χ3v) is 9.43. The van der Waals surface area contributed by atoms with Gasteiger partial charge in [0.25, 0.3) is 0 Å². The van der Waals surface area contributed by atoms with Gasteiger partial charge in [-0.05, 0) is 82.0 Å². The zero-order valence-electron chi connectivity index (χ0n) is 28.1. The summed E-state index contributed by atoms with van der Waals surface area (Å²) in [6.45, 7) is 1.60. The number of benzene rings is 3. The summed E-state index contributed by atoms with van der Waals surface area (Å²) in [7, 11) is 0. The summed E-state index contributed by atoms with van der Waals surface area (Å²) in [6.07, 6.45) is 0.968. The van der Waals surface area contributed by atoms with Crippen molar-refractivity contribution in [2.45, 2.75) is 69.7 Å². The fraction of sp³-hybridized carbons (Fsp3) is 0.333. The molecule has 13 nitrogen and oxygen atoms in total. The molecule has 9 N–H and O–H groups in total. The van der Waals surface area contributed by atoms with Gasteiger partial charge in [0.1, 0.15) is 24.2 Å². The molecule has 5 amide bonds. The van der Waals surface area contributed by atoms with E-state index in [-0.39, 0.29) is 44.7 Å². The van der Waals surface area contributed by atoms with E-state index < -0.39 is 53.7 Å². The number of guanidine groups is 1. The molecule has 1 aliphatic rings. The van der Waals surface area contributed by atoms with Gasteiger partial charge in [-0.25, -0.2) is 0 Å². The van der Waals surface area contributed by atoms with Crippen molar-refractivity contribution in [2.24, 2.45) is 22.2 Å². The van der Waals surface area contributed by atoms with E-state index in [1.54, 1.807) is 24.3 Å². The lowest BCUT2D eigenvalue weighted by Gasteiger charge is -2.38. The summed E-state index contributed by atoms with van der Waals surface area (Å²) in [5, 5.41) is 8.77. The highest BCUT2D eigenvalue weighted by Crippen LogP contribution is 2.25. The topological polar surface area (TPSA) is 215 Å².